The standard InChI is InChI=1S/C27H32N2O5/c1-3-18-13-12-17(2)29(18)26(32)24(14-15-25(30)31)28-27(33)34-16-23-21-10-6-4-8-19(21)20-9-5-7-11-22(20)23/h4-11,17-18,23-24H,3,12-16H2,1-2H3,(H,28,33)(H,30,31). The minimum atomic E-state index is -1.01. The molecule has 1 aliphatic heterocycles. The van der Waals surface area contributed by atoms with Crippen LogP contribution >= 0.6 is 0 Å². The van der Waals surface area contributed by atoms with E-state index in [-0.39, 0.29) is 43.4 Å². The van der Waals surface area contributed by atoms with E-state index >= 15 is 0 Å². The molecule has 0 saturated carbocycles. The zero-order valence-electron chi connectivity index (χ0n) is 19.7. The van der Waals surface area contributed by atoms with E-state index in [2.05, 4.69) is 17.4 Å². The predicted octanol–water partition coefficient (Wildman–Crippen LogP) is 4.55. The molecule has 0 bridgehead atoms. The SMILES string of the molecule is CCC1CCC(C)N1C(=O)C(CCC(=O)O)NC(=O)OCC1c2ccccc2-c2ccccc21. The van der Waals surface area contributed by atoms with Gasteiger partial charge in [-0.2, -0.15) is 0 Å². The van der Waals surface area contributed by atoms with Crippen molar-refractivity contribution in [2.75, 3.05) is 6.61 Å². The predicted molar refractivity (Wildman–Crippen MR) is 128 cm³/mol. The summed E-state index contributed by atoms with van der Waals surface area (Å²) in [7, 11) is 0. The number of nitrogens with zero attached hydrogens (tertiary/aromatic N) is 1. The highest BCUT2D eigenvalue weighted by atomic mass is 16.5. The number of amides is 2. The van der Waals surface area contributed by atoms with Gasteiger partial charge in [-0.3, -0.25) is 9.59 Å². The fourth-order valence-electron chi connectivity index (χ4n) is 5.36. The van der Waals surface area contributed by atoms with Crippen LogP contribution in [0.1, 0.15) is 63.0 Å². The number of carbonyl (C=O) groups is 3. The highest BCUT2D eigenvalue weighted by molar-refractivity contribution is 5.87. The number of fused-ring (bicyclic) bond motifs is 3. The lowest BCUT2D eigenvalue weighted by molar-refractivity contribution is -0.138. The lowest BCUT2D eigenvalue weighted by Crippen LogP contribution is -2.52. The first kappa shape index (κ1) is 23.8. The van der Waals surface area contributed by atoms with Gasteiger partial charge in [0.15, 0.2) is 0 Å². The van der Waals surface area contributed by atoms with Crippen molar-refractivity contribution in [3.8, 4) is 11.1 Å². The average molecular weight is 465 g/mol. The zero-order valence-corrected chi connectivity index (χ0v) is 19.7. The molecule has 0 radical (unpaired) electrons. The Bertz CT molecular complexity index is 1020. The van der Waals surface area contributed by atoms with Gasteiger partial charge in [0.25, 0.3) is 0 Å². The van der Waals surface area contributed by atoms with Gasteiger partial charge in [0.2, 0.25) is 5.91 Å². The number of hydrogen-bond donors (Lipinski definition) is 2. The van der Waals surface area contributed by atoms with Gasteiger partial charge in [0, 0.05) is 24.4 Å². The molecule has 0 spiro atoms. The first-order valence-corrected chi connectivity index (χ1v) is 12.1. The molecule has 0 aromatic heterocycles. The monoisotopic (exact) mass is 464 g/mol. The van der Waals surface area contributed by atoms with Gasteiger partial charge in [-0.05, 0) is 54.9 Å². The summed E-state index contributed by atoms with van der Waals surface area (Å²) in [6.07, 6.45) is 1.76. The van der Waals surface area contributed by atoms with Gasteiger partial charge in [-0.1, -0.05) is 55.5 Å². The Labute approximate surface area is 200 Å². The fourth-order valence-corrected chi connectivity index (χ4v) is 5.36. The largest absolute Gasteiger partial charge is 0.481 e. The Morgan fingerprint density at radius 3 is 2.26 bits per heavy atom. The van der Waals surface area contributed by atoms with Crippen molar-refractivity contribution in [2.24, 2.45) is 0 Å². The van der Waals surface area contributed by atoms with Crippen LogP contribution in [0.4, 0.5) is 4.79 Å². The normalized spacial score (nSPS) is 19.9. The Kier molecular flexibility index (Phi) is 7.20. The van der Waals surface area contributed by atoms with E-state index in [1.54, 1.807) is 0 Å². The van der Waals surface area contributed by atoms with Gasteiger partial charge < -0.3 is 20.1 Å². The number of ether oxygens (including phenoxy) is 1. The topological polar surface area (TPSA) is 95.9 Å². The third-order valence-electron chi connectivity index (χ3n) is 7.09. The summed E-state index contributed by atoms with van der Waals surface area (Å²) in [4.78, 5) is 39.1. The van der Waals surface area contributed by atoms with Crippen LogP contribution in [0.2, 0.25) is 0 Å². The maximum absolute atomic E-state index is 13.3. The molecule has 7 heteroatoms. The highest BCUT2D eigenvalue weighted by Gasteiger charge is 2.37. The second-order valence-electron chi connectivity index (χ2n) is 9.19. The molecule has 4 rings (SSSR count). The van der Waals surface area contributed by atoms with Gasteiger partial charge in [0.05, 0.1) is 0 Å². The molecular formula is C27H32N2O5. The molecule has 7 nitrogen and oxygen atoms in total. The summed E-state index contributed by atoms with van der Waals surface area (Å²) in [5.74, 6) is -1.32. The molecule has 1 aliphatic carbocycles. The van der Waals surface area contributed by atoms with Crippen LogP contribution in [0.5, 0.6) is 0 Å². The molecule has 1 saturated heterocycles. The molecule has 2 N–H and O–H groups in total. The van der Waals surface area contributed by atoms with Crippen LogP contribution < -0.4 is 5.32 Å². The van der Waals surface area contributed by atoms with E-state index in [4.69, 9.17) is 9.84 Å². The van der Waals surface area contributed by atoms with E-state index < -0.39 is 18.1 Å². The molecule has 34 heavy (non-hydrogen) atoms. The van der Waals surface area contributed by atoms with Crippen LogP contribution in [0, 0.1) is 0 Å². The molecule has 2 aromatic rings. The lowest BCUT2D eigenvalue weighted by Gasteiger charge is -2.32. The van der Waals surface area contributed by atoms with Crippen LogP contribution in [0.25, 0.3) is 11.1 Å². The van der Waals surface area contributed by atoms with E-state index in [0.29, 0.717) is 0 Å². The zero-order chi connectivity index (χ0) is 24.2. The summed E-state index contributed by atoms with van der Waals surface area (Å²) in [5, 5.41) is 11.8. The molecule has 1 heterocycles. The Balaban J connectivity index is 1.45. The number of hydrogen-bond acceptors (Lipinski definition) is 4. The smallest absolute Gasteiger partial charge is 0.407 e. The number of rotatable bonds is 8. The van der Waals surface area contributed by atoms with Crippen molar-refractivity contribution in [3.63, 3.8) is 0 Å². The minimum Gasteiger partial charge on any atom is -0.481 e. The van der Waals surface area contributed by atoms with Crippen molar-refractivity contribution in [1.29, 1.82) is 0 Å². The number of nitrogens with one attached hydrogen (secondary N) is 1. The Hall–Kier alpha value is -3.35. The highest BCUT2D eigenvalue weighted by Crippen LogP contribution is 2.44. The third kappa shape index (κ3) is 4.79. The molecule has 1 fully saturated rings. The molecule has 180 valence electrons. The molecule has 2 aromatic carbocycles. The van der Waals surface area contributed by atoms with Gasteiger partial charge in [0.1, 0.15) is 12.6 Å². The molecular weight excluding hydrogens is 432 g/mol. The van der Waals surface area contributed by atoms with Gasteiger partial charge >= 0.3 is 12.1 Å². The van der Waals surface area contributed by atoms with Crippen molar-refractivity contribution in [1.82, 2.24) is 10.2 Å². The van der Waals surface area contributed by atoms with E-state index in [1.165, 1.54) is 0 Å². The van der Waals surface area contributed by atoms with E-state index in [1.807, 2.05) is 55.1 Å². The number of carboxylic acids is 1. The first-order valence-electron chi connectivity index (χ1n) is 12.1. The number of carbonyl (C=O) groups excluding carboxylic acids is 2. The van der Waals surface area contributed by atoms with E-state index in [9.17, 15) is 14.4 Å². The summed E-state index contributed by atoms with van der Waals surface area (Å²) < 4.78 is 5.60. The van der Waals surface area contributed by atoms with Crippen molar-refractivity contribution in [3.05, 3.63) is 59.7 Å². The van der Waals surface area contributed by atoms with Crippen LogP contribution in [-0.2, 0) is 14.3 Å². The summed E-state index contributed by atoms with van der Waals surface area (Å²) >= 11 is 0. The van der Waals surface area contributed by atoms with Crippen LogP contribution in [0.15, 0.2) is 48.5 Å². The van der Waals surface area contributed by atoms with Crippen LogP contribution in [0.3, 0.4) is 0 Å². The summed E-state index contributed by atoms with van der Waals surface area (Å²) in [6, 6.07) is 15.4. The number of likely N-dealkylation sites (tertiary alicyclic amines) is 1. The average Bonchev–Trinajstić information content (AvgIpc) is 3.37. The number of alkyl carbamates (subject to hydrolysis) is 1. The Morgan fingerprint density at radius 1 is 1.06 bits per heavy atom. The second kappa shape index (κ2) is 10.3. The maximum Gasteiger partial charge on any atom is 0.407 e. The molecule has 3 unspecified atom stereocenters. The van der Waals surface area contributed by atoms with E-state index in [0.717, 1.165) is 41.5 Å². The number of aliphatic carboxylic acids is 1. The van der Waals surface area contributed by atoms with Gasteiger partial charge in [-0.15, -0.1) is 0 Å². The van der Waals surface area contributed by atoms with Gasteiger partial charge in [-0.25, -0.2) is 4.79 Å². The summed E-state index contributed by atoms with van der Waals surface area (Å²) in [5.41, 5.74) is 4.48. The quantitative estimate of drug-likeness (QED) is 0.598. The molecule has 3 atom stereocenters. The summed E-state index contributed by atoms with van der Waals surface area (Å²) in [6.45, 7) is 4.17. The lowest BCUT2D eigenvalue weighted by atomic mass is 9.98. The number of benzene rings is 2. The van der Waals surface area contributed by atoms with Crippen molar-refractivity contribution < 1.29 is 24.2 Å². The third-order valence-corrected chi connectivity index (χ3v) is 7.09. The Morgan fingerprint density at radius 2 is 1.68 bits per heavy atom. The first-order chi connectivity index (χ1) is 16.4. The fraction of sp³-hybridized carbons (Fsp3) is 0.444. The van der Waals surface area contributed by atoms with Crippen LogP contribution in [-0.4, -0.2) is 52.7 Å². The maximum atomic E-state index is 13.3. The molecule has 2 amide bonds. The van der Waals surface area contributed by atoms with Crippen molar-refractivity contribution >= 4 is 18.0 Å². The number of carboxylic acid groups (broad SMARTS) is 1. The van der Waals surface area contributed by atoms with Crippen molar-refractivity contribution in [2.45, 2.75) is 70.0 Å². The minimum absolute atomic E-state index is 0.0258. The second-order valence-corrected chi connectivity index (χ2v) is 9.19. The molecule has 2 aliphatic rings.